The van der Waals surface area contributed by atoms with E-state index in [1.807, 2.05) is 60.3 Å². The molecule has 0 radical (unpaired) electrons. The third kappa shape index (κ3) is 7.60. The van der Waals surface area contributed by atoms with Crippen LogP contribution < -0.4 is 25.0 Å². The number of hydrogen-bond acceptors (Lipinski definition) is 7. The Labute approximate surface area is 270 Å². The van der Waals surface area contributed by atoms with Crippen molar-refractivity contribution in [1.82, 2.24) is 10.2 Å². The molecule has 2 amide bonds. The lowest BCUT2D eigenvalue weighted by Gasteiger charge is -2.17. The lowest BCUT2D eigenvalue weighted by atomic mass is 10.0. The van der Waals surface area contributed by atoms with E-state index in [1.54, 1.807) is 54.6 Å². The zero-order valence-electron chi connectivity index (χ0n) is 26.2. The summed E-state index contributed by atoms with van der Waals surface area (Å²) in [5.74, 6) is 0.00280. The predicted octanol–water partition coefficient (Wildman–Crippen LogP) is 5.31. The van der Waals surface area contributed by atoms with Crippen LogP contribution in [0.2, 0.25) is 0 Å². The van der Waals surface area contributed by atoms with Crippen LogP contribution in [0, 0.1) is 0 Å². The van der Waals surface area contributed by atoms with Crippen molar-refractivity contribution in [3.05, 3.63) is 102 Å². The van der Waals surface area contributed by atoms with Gasteiger partial charge in [-0.2, -0.15) is 0 Å². The number of amides is 2. The van der Waals surface area contributed by atoms with Gasteiger partial charge in [-0.1, -0.05) is 36.4 Å². The van der Waals surface area contributed by atoms with E-state index in [1.165, 1.54) is 7.11 Å². The molecule has 10 nitrogen and oxygen atoms in total. The second kappa shape index (κ2) is 14.4. The van der Waals surface area contributed by atoms with Gasteiger partial charge in [-0.3, -0.25) is 14.3 Å². The van der Waals surface area contributed by atoms with Crippen LogP contribution in [0.25, 0.3) is 11.1 Å². The predicted molar refractivity (Wildman–Crippen MR) is 182 cm³/mol. The summed E-state index contributed by atoms with van der Waals surface area (Å²) in [6, 6.07) is 26.5. The van der Waals surface area contributed by atoms with Gasteiger partial charge in [0.05, 0.1) is 18.4 Å². The van der Waals surface area contributed by atoms with Crippen molar-refractivity contribution < 1.29 is 22.7 Å². The van der Waals surface area contributed by atoms with E-state index in [4.69, 9.17) is 4.74 Å². The molecule has 4 aromatic rings. The normalized spacial score (nSPS) is 12.8. The molecule has 1 fully saturated rings. The van der Waals surface area contributed by atoms with E-state index in [-0.39, 0.29) is 22.5 Å². The average molecular weight is 642 g/mol. The molecule has 0 saturated carbocycles. The van der Waals surface area contributed by atoms with E-state index in [9.17, 15) is 18.0 Å². The molecule has 0 unspecified atom stereocenters. The van der Waals surface area contributed by atoms with Crippen molar-refractivity contribution in [2.24, 2.45) is 0 Å². The van der Waals surface area contributed by atoms with Gasteiger partial charge in [0.2, 0.25) is 0 Å². The number of para-hydroxylation sites is 1. The minimum Gasteiger partial charge on any atom is -0.495 e. The summed E-state index contributed by atoms with van der Waals surface area (Å²) in [6.45, 7) is 2.30. The number of nitrogens with one attached hydrogen (secondary N) is 3. The molecule has 240 valence electrons. The topological polar surface area (TPSA) is 120 Å². The van der Waals surface area contributed by atoms with Gasteiger partial charge in [-0.05, 0) is 78.6 Å². The second-order valence-corrected chi connectivity index (χ2v) is 12.9. The molecule has 1 aliphatic heterocycles. The maximum Gasteiger partial charge on any atom is 0.265 e. The van der Waals surface area contributed by atoms with E-state index in [2.05, 4.69) is 15.4 Å². The number of methoxy groups -OCH3 is 1. The maximum atomic E-state index is 13.6. The quantitative estimate of drug-likeness (QED) is 0.180. The molecule has 0 aromatic heterocycles. The lowest BCUT2D eigenvalue weighted by Crippen LogP contribution is -2.30. The summed E-state index contributed by atoms with van der Waals surface area (Å²) >= 11 is 0. The molecule has 0 aliphatic carbocycles. The third-order valence-corrected chi connectivity index (χ3v) is 9.18. The molecule has 4 aromatic carbocycles. The number of ether oxygens (including phenoxy) is 1. The first-order valence-corrected chi connectivity index (χ1v) is 16.6. The Morgan fingerprint density at radius 2 is 1.54 bits per heavy atom. The molecular formula is C35H39N5O5S. The molecule has 3 N–H and O–H groups in total. The molecule has 1 aliphatic rings. The summed E-state index contributed by atoms with van der Waals surface area (Å²) in [7, 11) is 1.14. The molecule has 5 rings (SSSR count). The molecule has 11 heteroatoms. The zero-order valence-corrected chi connectivity index (χ0v) is 27.1. The Bertz CT molecular complexity index is 1820. The van der Waals surface area contributed by atoms with Crippen LogP contribution in [0.1, 0.15) is 33.6 Å². The third-order valence-electron chi connectivity index (χ3n) is 7.77. The van der Waals surface area contributed by atoms with Gasteiger partial charge in [0.1, 0.15) is 10.6 Å². The smallest absolute Gasteiger partial charge is 0.265 e. The highest BCUT2D eigenvalue weighted by Crippen LogP contribution is 2.32. The van der Waals surface area contributed by atoms with Crippen LogP contribution >= 0.6 is 0 Å². The number of carbonyl (C=O) groups is 2. The molecule has 46 heavy (non-hydrogen) atoms. The summed E-state index contributed by atoms with van der Waals surface area (Å²) in [4.78, 5) is 29.4. The number of carbonyl (C=O) groups excluding carboxylic acids is 2. The summed E-state index contributed by atoms with van der Waals surface area (Å²) in [6.07, 6.45) is 2.00. The van der Waals surface area contributed by atoms with Crippen LogP contribution in [-0.2, 0) is 10.0 Å². The van der Waals surface area contributed by atoms with Crippen LogP contribution in [0.5, 0.6) is 5.75 Å². The van der Waals surface area contributed by atoms with E-state index < -0.39 is 10.0 Å². The van der Waals surface area contributed by atoms with Gasteiger partial charge >= 0.3 is 0 Å². The first-order chi connectivity index (χ1) is 22.2. The number of rotatable bonds is 12. The number of sulfonamides is 1. The summed E-state index contributed by atoms with van der Waals surface area (Å²) in [5, 5.41) is 6.15. The van der Waals surface area contributed by atoms with Gasteiger partial charge in [0.25, 0.3) is 21.8 Å². The minimum absolute atomic E-state index is 0.0205. The fourth-order valence-electron chi connectivity index (χ4n) is 5.44. The first kappa shape index (κ1) is 32.4. The SMILES string of the molecule is COc1ccc(-c2cccc(C(=O)N3CCCC3)c2)cc1S(=O)(=O)Nc1cccc(NCCNC(=O)c2ccccc2N(C)C)c1. The standard InChI is InChI=1S/C35H39N5O5S/c1-39(2)31-15-5-4-14-30(31)34(41)37-19-18-36-28-12-9-13-29(24-28)38-46(43,44)33-23-26(16-17-32(33)45-3)25-10-8-11-27(22-25)35(42)40-20-6-7-21-40/h4-5,8-17,22-24,36,38H,6-7,18-21H2,1-3H3,(H,37,41). The van der Waals surface area contributed by atoms with Gasteiger partial charge < -0.3 is 25.2 Å². The van der Waals surface area contributed by atoms with Crippen molar-refractivity contribution in [2.75, 3.05) is 62.3 Å². The fraction of sp³-hybridized carbons (Fsp3) is 0.257. The number of likely N-dealkylation sites (tertiary alicyclic amines) is 1. The molecule has 0 spiro atoms. The highest BCUT2D eigenvalue weighted by molar-refractivity contribution is 7.92. The van der Waals surface area contributed by atoms with Gasteiger partial charge in [0, 0.05) is 57.2 Å². The Kier molecular flexibility index (Phi) is 10.1. The minimum atomic E-state index is -4.06. The van der Waals surface area contributed by atoms with Crippen LogP contribution in [-0.4, -0.2) is 72.5 Å². The van der Waals surface area contributed by atoms with E-state index >= 15 is 0 Å². The Hall–Kier alpha value is -5.03. The van der Waals surface area contributed by atoms with Crippen molar-refractivity contribution in [1.29, 1.82) is 0 Å². The number of benzene rings is 4. The van der Waals surface area contributed by atoms with Gasteiger partial charge in [-0.25, -0.2) is 8.42 Å². The Morgan fingerprint density at radius 3 is 2.30 bits per heavy atom. The van der Waals surface area contributed by atoms with Gasteiger partial charge in [-0.15, -0.1) is 0 Å². The lowest BCUT2D eigenvalue weighted by molar-refractivity contribution is 0.0792. The Morgan fingerprint density at radius 1 is 0.826 bits per heavy atom. The molecule has 0 atom stereocenters. The molecule has 0 bridgehead atoms. The maximum absolute atomic E-state index is 13.6. The molecular weight excluding hydrogens is 602 g/mol. The largest absolute Gasteiger partial charge is 0.495 e. The molecule has 1 saturated heterocycles. The number of anilines is 3. The summed E-state index contributed by atoms with van der Waals surface area (Å²) in [5.41, 5.74) is 4.40. The molecule has 1 heterocycles. The highest BCUT2D eigenvalue weighted by Gasteiger charge is 2.23. The average Bonchev–Trinajstić information content (AvgIpc) is 3.61. The monoisotopic (exact) mass is 641 g/mol. The van der Waals surface area contributed by atoms with Crippen molar-refractivity contribution in [2.45, 2.75) is 17.7 Å². The Balaban J connectivity index is 1.26. The first-order valence-electron chi connectivity index (χ1n) is 15.2. The highest BCUT2D eigenvalue weighted by atomic mass is 32.2. The van der Waals surface area contributed by atoms with Crippen LogP contribution in [0.3, 0.4) is 0 Å². The van der Waals surface area contributed by atoms with E-state index in [0.717, 1.165) is 37.2 Å². The summed E-state index contributed by atoms with van der Waals surface area (Å²) < 4.78 is 35.4. The number of nitrogens with zero attached hydrogens (tertiary/aromatic N) is 2. The van der Waals surface area contributed by atoms with Crippen LogP contribution in [0.4, 0.5) is 17.1 Å². The van der Waals surface area contributed by atoms with Crippen molar-refractivity contribution in [3.63, 3.8) is 0 Å². The number of hydrogen-bond donors (Lipinski definition) is 3. The zero-order chi connectivity index (χ0) is 32.7. The van der Waals surface area contributed by atoms with E-state index in [0.29, 0.717) is 41.2 Å². The van der Waals surface area contributed by atoms with Crippen molar-refractivity contribution >= 4 is 38.9 Å². The second-order valence-electron chi connectivity index (χ2n) is 11.2. The van der Waals surface area contributed by atoms with Crippen LogP contribution in [0.15, 0.2) is 95.9 Å². The van der Waals surface area contributed by atoms with Crippen molar-refractivity contribution in [3.8, 4) is 16.9 Å². The fourth-order valence-corrected chi connectivity index (χ4v) is 6.68. The van der Waals surface area contributed by atoms with Gasteiger partial charge in [0.15, 0.2) is 0 Å².